The topological polar surface area (TPSA) is 120 Å². The van der Waals surface area contributed by atoms with Crippen LogP contribution in [-0.2, 0) is 4.74 Å². The Bertz CT molecular complexity index is 866. The zero-order valence-corrected chi connectivity index (χ0v) is 12.4. The molecule has 9 heteroatoms. The first-order valence-corrected chi connectivity index (χ1v) is 7.35. The van der Waals surface area contributed by atoms with E-state index in [-0.39, 0.29) is 5.82 Å². The Morgan fingerprint density at radius 2 is 2.21 bits per heavy atom. The van der Waals surface area contributed by atoms with Crippen molar-refractivity contribution in [2.45, 2.75) is 24.6 Å². The second-order valence-corrected chi connectivity index (χ2v) is 5.57. The van der Waals surface area contributed by atoms with Crippen LogP contribution in [0.3, 0.4) is 0 Å². The van der Waals surface area contributed by atoms with Crippen molar-refractivity contribution < 1.29 is 23.8 Å². The highest BCUT2D eigenvalue weighted by molar-refractivity contribution is 5.99. The molecule has 0 amide bonds. The van der Waals surface area contributed by atoms with Gasteiger partial charge in [-0.1, -0.05) is 0 Å². The minimum atomic E-state index is -1.72. The van der Waals surface area contributed by atoms with Crippen molar-refractivity contribution in [3.8, 4) is 11.3 Å². The van der Waals surface area contributed by atoms with Gasteiger partial charge in [-0.05, 0) is 12.1 Å². The van der Waals surface area contributed by atoms with E-state index in [4.69, 9.17) is 14.9 Å². The number of furan rings is 1. The van der Waals surface area contributed by atoms with E-state index in [1.807, 2.05) is 0 Å². The fourth-order valence-electron chi connectivity index (χ4n) is 3.00. The van der Waals surface area contributed by atoms with Crippen LogP contribution < -0.4 is 5.73 Å². The summed E-state index contributed by atoms with van der Waals surface area (Å²) in [6.45, 7) is -0.487. The number of fused-ring (bicyclic) bond motifs is 1. The maximum absolute atomic E-state index is 14.5. The second-order valence-electron chi connectivity index (χ2n) is 5.57. The van der Waals surface area contributed by atoms with Crippen molar-refractivity contribution in [2.75, 3.05) is 12.3 Å². The lowest BCUT2D eigenvalue weighted by Gasteiger charge is -2.15. The molecule has 4 N–H and O–H groups in total. The summed E-state index contributed by atoms with van der Waals surface area (Å²) in [5.74, 6) is 0.741. The number of rotatable bonds is 3. The molecule has 3 aromatic heterocycles. The molecular weight excluding hydrogens is 319 g/mol. The van der Waals surface area contributed by atoms with E-state index in [2.05, 4.69) is 9.97 Å². The molecule has 24 heavy (non-hydrogen) atoms. The first-order chi connectivity index (χ1) is 11.6. The third-order valence-electron chi connectivity index (χ3n) is 4.17. The Morgan fingerprint density at radius 1 is 1.38 bits per heavy atom. The van der Waals surface area contributed by atoms with E-state index in [0.29, 0.717) is 22.4 Å². The van der Waals surface area contributed by atoms with Crippen LogP contribution >= 0.6 is 0 Å². The molecule has 0 radical (unpaired) electrons. The normalized spacial score (nSPS) is 27.1. The molecule has 0 bridgehead atoms. The minimum Gasteiger partial charge on any atom is -0.464 e. The number of hydrogen-bond donors (Lipinski definition) is 3. The number of ether oxygens (including phenoxy) is 1. The maximum Gasteiger partial charge on any atom is 0.173 e. The molecule has 126 valence electrons. The standard InChI is InChI=1S/C15H15FN4O4/c16-11-12(22)9(5-21)24-15(11)20-4-7(8-2-1-3-23-8)10-13(17)18-6-19-14(10)20/h1-4,6,9,11-12,15,21-22H,5H2,(H2,17,18,19)/t9-,11+,12-,15-/m1/s1. The highest BCUT2D eigenvalue weighted by Crippen LogP contribution is 2.39. The van der Waals surface area contributed by atoms with Crippen molar-refractivity contribution in [2.24, 2.45) is 0 Å². The Morgan fingerprint density at radius 3 is 2.88 bits per heavy atom. The van der Waals surface area contributed by atoms with Crippen molar-refractivity contribution in [1.82, 2.24) is 14.5 Å². The monoisotopic (exact) mass is 334 g/mol. The van der Waals surface area contributed by atoms with Crippen molar-refractivity contribution in [1.29, 1.82) is 0 Å². The third-order valence-corrected chi connectivity index (χ3v) is 4.17. The fourth-order valence-corrected chi connectivity index (χ4v) is 3.00. The highest BCUT2D eigenvalue weighted by atomic mass is 19.1. The quantitative estimate of drug-likeness (QED) is 0.650. The van der Waals surface area contributed by atoms with Crippen LogP contribution in [0.25, 0.3) is 22.4 Å². The van der Waals surface area contributed by atoms with Gasteiger partial charge in [0.15, 0.2) is 12.4 Å². The zero-order valence-electron chi connectivity index (χ0n) is 12.4. The maximum atomic E-state index is 14.5. The van der Waals surface area contributed by atoms with Gasteiger partial charge in [0.05, 0.1) is 18.3 Å². The smallest absolute Gasteiger partial charge is 0.173 e. The Hall–Kier alpha value is -2.49. The number of halogens is 1. The number of aromatic nitrogens is 3. The van der Waals surface area contributed by atoms with Gasteiger partial charge in [0, 0.05) is 11.8 Å². The average Bonchev–Trinajstić information content (AvgIpc) is 3.28. The van der Waals surface area contributed by atoms with Gasteiger partial charge in [-0.15, -0.1) is 0 Å². The van der Waals surface area contributed by atoms with E-state index in [1.165, 1.54) is 17.2 Å². The molecule has 0 saturated carbocycles. The Labute approximate surface area is 135 Å². The molecule has 1 aliphatic heterocycles. The molecule has 4 rings (SSSR count). The lowest BCUT2D eigenvalue weighted by molar-refractivity contribution is -0.0457. The summed E-state index contributed by atoms with van der Waals surface area (Å²) in [5, 5.41) is 19.6. The molecule has 4 atom stereocenters. The first kappa shape index (κ1) is 15.1. The van der Waals surface area contributed by atoms with Gasteiger partial charge in [0.1, 0.15) is 35.8 Å². The predicted molar refractivity (Wildman–Crippen MR) is 81.5 cm³/mol. The SMILES string of the molecule is Nc1ncnc2c1c(-c1ccco1)cn2[C@@H]1O[C@H](CO)[C@@H](O)[C@@H]1F. The van der Waals surface area contributed by atoms with Crippen LogP contribution in [0.2, 0.25) is 0 Å². The van der Waals surface area contributed by atoms with Gasteiger partial charge in [-0.25, -0.2) is 14.4 Å². The number of aliphatic hydroxyl groups is 2. The van der Waals surface area contributed by atoms with Gasteiger partial charge >= 0.3 is 0 Å². The van der Waals surface area contributed by atoms with Crippen LogP contribution in [0.5, 0.6) is 0 Å². The molecule has 0 spiro atoms. The summed E-state index contributed by atoms with van der Waals surface area (Å²) in [5.41, 5.74) is 6.90. The van der Waals surface area contributed by atoms with Gasteiger partial charge in [0.25, 0.3) is 0 Å². The number of aliphatic hydroxyl groups excluding tert-OH is 2. The minimum absolute atomic E-state index is 0.220. The lowest BCUT2D eigenvalue weighted by atomic mass is 10.1. The number of hydrogen-bond acceptors (Lipinski definition) is 7. The number of nitrogens with two attached hydrogens (primary N) is 1. The van der Waals surface area contributed by atoms with Crippen LogP contribution in [-0.4, -0.2) is 49.7 Å². The summed E-state index contributed by atoms with van der Waals surface area (Å²) in [4.78, 5) is 8.14. The van der Waals surface area contributed by atoms with E-state index < -0.39 is 31.2 Å². The average molecular weight is 334 g/mol. The molecule has 4 heterocycles. The molecule has 1 aliphatic rings. The highest BCUT2D eigenvalue weighted by Gasteiger charge is 2.45. The fraction of sp³-hybridized carbons (Fsp3) is 0.333. The summed E-state index contributed by atoms with van der Waals surface area (Å²) in [6.07, 6.45) is -0.928. The molecule has 0 unspecified atom stereocenters. The largest absolute Gasteiger partial charge is 0.464 e. The Kier molecular flexibility index (Phi) is 3.48. The predicted octanol–water partition coefficient (Wildman–Crippen LogP) is 0.862. The summed E-state index contributed by atoms with van der Waals surface area (Å²) in [6, 6.07) is 3.45. The summed E-state index contributed by atoms with van der Waals surface area (Å²) in [7, 11) is 0. The van der Waals surface area contributed by atoms with E-state index in [9.17, 15) is 14.6 Å². The van der Waals surface area contributed by atoms with E-state index >= 15 is 0 Å². The number of nitrogen functional groups attached to an aromatic ring is 1. The van der Waals surface area contributed by atoms with Gasteiger partial charge in [-0.3, -0.25) is 0 Å². The van der Waals surface area contributed by atoms with Gasteiger partial charge in [0.2, 0.25) is 0 Å². The van der Waals surface area contributed by atoms with Gasteiger partial charge < -0.3 is 29.7 Å². The van der Waals surface area contributed by atoms with Crippen LogP contribution in [0.1, 0.15) is 6.23 Å². The summed E-state index contributed by atoms with van der Waals surface area (Å²) >= 11 is 0. The molecule has 1 fully saturated rings. The lowest BCUT2D eigenvalue weighted by Crippen LogP contribution is -2.30. The third kappa shape index (κ3) is 2.09. The van der Waals surface area contributed by atoms with Crippen LogP contribution in [0.15, 0.2) is 35.3 Å². The molecule has 1 saturated heterocycles. The Balaban J connectivity index is 1.90. The van der Waals surface area contributed by atoms with Crippen LogP contribution in [0, 0.1) is 0 Å². The summed E-state index contributed by atoms with van der Waals surface area (Å²) < 4.78 is 26.8. The number of anilines is 1. The first-order valence-electron chi connectivity index (χ1n) is 7.35. The van der Waals surface area contributed by atoms with Crippen molar-refractivity contribution >= 4 is 16.9 Å². The molecule has 0 aromatic carbocycles. The van der Waals surface area contributed by atoms with E-state index in [1.54, 1.807) is 18.3 Å². The van der Waals surface area contributed by atoms with Crippen molar-refractivity contribution in [3.05, 3.63) is 30.9 Å². The molecule has 3 aromatic rings. The van der Waals surface area contributed by atoms with Crippen LogP contribution in [0.4, 0.5) is 10.2 Å². The number of nitrogens with zero attached hydrogens (tertiary/aromatic N) is 3. The molecule has 8 nitrogen and oxygen atoms in total. The molecule has 0 aliphatic carbocycles. The van der Waals surface area contributed by atoms with Crippen molar-refractivity contribution in [3.63, 3.8) is 0 Å². The zero-order chi connectivity index (χ0) is 16.8. The molecular formula is C15H15FN4O4. The van der Waals surface area contributed by atoms with E-state index in [0.717, 1.165) is 0 Å². The second kappa shape index (κ2) is 5.55. The van der Waals surface area contributed by atoms with Gasteiger partial charge in [-0.2, -0.15) is 0 Å². The number of alkyl halides is 1.